The van der Waals surface area contributed by atoms with Crippen LogP contribution in [0, 0.1) is 0 Å². The maximum atomic E-state index is 10.9. The summed E-state index contributed by atoms with van der Waals surface area (Å²) in [7, 11) is 3.42. The third-order valence-electron chi connectivity index (χ3n) is 2.69. The number of rotatable bonds is 4. The van der Waals surface area contributed by atoms with E-state index in [0.717, 1.165) is 26.2 Å². The van der Waals surface area contributed by atoms with Gasteiger partial charge in [0.1, 0.15) is 0 Å². The molecular formula is C10H20N2O3. The van der Waals surface area contributed by atoms with Gasteiger partial charge in [0, 0.05) is 32.7 Å². The van der Waals surface area contributed by atoms with E-state index in [1.54, 1.807) is 0 Å². The summed E-state index contributed by atoms with van der Waals surface area (Å²) in [6.07, 6.45) is -0.524. The summed E-state index contributed by atoms with van der Waals surface area (Å²) in [5, 5.41) is 9.61. The first-order valence-corrected chi connectivity index (χ1v) is 5.27. The van der Waals surface area contributed by atoms with Crippen molar-refractivity contribution in [3.63, 3.8) is 0 Å². The minimum atomic E-state index is -0.610. The van der Waals surface area contributed by atoms with Gasteiger partial charge >= 0.3 is 5.97 Å². The van der Waals surface area contributed by atoms with Crippen LogP contribution in [0.3, 0.4) is 0 Å². The molecule has 1 heterocycles. The van der Waals surface area contributed by atoms with E-state index >= 15 is 0 Å². The highest BCUT2D eigenvalue weighted by Crippen LogP contribution is 2.03. The fourth-order valence-corrected chi connectivity index (χ4v) is 1.67. The Morgan fingerprint density at radius 3 is 2.53 bits per heavy atom. The van der Waals surface area contributed by atoms with Gasteiger partial charge in [-0.3, -0.25) is 9.69 Å². The number of hydrogen-bond donors (Lipinski definition) is 1. The van der Waals surface area contributed by atoms with Crippen LogP contribution < -0.4 is 0 Å². The van der Waals surface area contributed by atoms with Gasteiger partial charge in [-0.2, -0.15) is 0 Å². The summed E-state index contributed by atoms with van der Waals surface area (Å²) in [4.78, 5) is 15.3. The maximum absolute atomic E-state index is 10.9. The molecule has 1 N–H and O–H groups in total. The first-order chi connectivity index (χ1) is 7.11. The highest BCUT2D eigenvalue weighted by Gasteiger charge is 2.18. The first kappa shape index (κ1) is 12.4. The van der Waals surface area contributed by atoms with E-state index < -0.39 is 6.10 Å². The average molecular weight is 216 g/mol. The molecule has 0 aromatic carbocycles. The second-order valence-electron chi connectivity index (χ2n) is 4.04. The molecule has 0 aromatic heterocycles. The summed E-state index contributed by atoms with van der Waals surface area (Å²) < 4.78 is 4.50. The zero-order valence-electron chi connectivity index (χ0n) is 9.48. The molecule has 0 aliphatic carbocycles. The van der Waals surface area contributed by atoms with Gasteiger partial charge in [0.25, 0.3) is 0 Å². The van der Waals surface area contributed by atoms with Crippen molar-refractivity contribution in [2.45, 2.75) is 12.5 Å². The molecule has 1 atom stereocenters. The van der Waals surface area contributed by atoms with Crippen molar-refractivity contribution in [1.29, 1.82) is 0 Å². The Labute approximate surface area is 90.6 Å². The van der Waals surface area contributed by atoms with Gasteiger partial charge in [-0.1, -0.05) is 0 Å². The summed E-state index contributed by atoms with van der Waals surface area (Å²) in [6.45, 7) is 4.50. The molecule has 0 saturated carbocycles. The first-order valence-electron chi connectivity index (χ1n) is 5.27. The lowest BCUT2D eigenvalue weighted by Crippen LogP contribution is -2.47. The lowest BCUT2D eigenvalue weighted by molar-refractivity contribution is -0.143. The number of aliphatic hydroxyl groups is 1. The van der Waals surface area contributed by atoms with E-state index in [1.807, 2.05) is 0 Å². The molecular weight excluding hydrogens is 196 g/mol. The van der Waals surface area contributed by atoms with Crippen molar-refractivity contribution in [3.8, 4) is 0 Å². The smallest absolute Gasteiger partial charge is 0.308 e. The molecule has 1 unspecified atom stereocenters. The van der Waals surface area contributed by atoms with Gasteiger partial charge in [0.05, 0.1) is 19.6 Å². The van der Waals surface area contributed by atoms with Crippen LogP contribution in [0.2, 0.25) is 0 Å². The van der Waals surface area contributed by atoms with Crippen LogP contribution in [0.15, 0.2) is 0 Å². The predicted molar refractivity (Wildman–Crippen MR) is 56.6 cm³/mol. The van der Waals surface area contributed by atoms with E-state index in [-0.39, 0.29) is 12.4 Å². The van der Waals surface area contributed by atoms with E-state index in [2.05, 4.69) is 21.6 Å². The van der Waals surface area contributed by atoms with Gasteiger partial charge in [0.15, 0.2) is 0 Å². The zero-order valence-corrected chi connectivity index (χ0v) is 9.48. The number of methoxy groups -OCH3 is 1. The van der Waals surface area contributed by atoms with E-state index in [9.17, 15) is 9.90 Å². The van der Waals surface area contributed by atoms with Gasteiger partial charge in [-0.25, -0.2) is 0 Å². The molecule has 0 bridgehead atoms. The highest BCUT2D eigenvalue weighted by atomic mass is 16.5. The maximum Gasteiger partial charge on any atom is 0.308 e. The van der Waals surface area contributed by atoms with E-state index in [0.29, 0.717) is 6.54 Å². The Bertz CT molecular complexity index is 203. The van der Waals surface area contributed by atoms with Crippen LogP contribution in [-0.2, 0) is 9.53 Å². The number of carbonyl (C=O) groups is 1. The molecule has 0 amide bonds. The van der Waals surface area contributed by atoms with Crippen molar-refractivity contribution in [1.82, 2.24) is 9.80 Å². The molecule has 15 heavy (non-hydrogen) atoms. The SMILES string of the molecule is COC(=O)CC(O)CN1CCN(C)CC1. The zero-order chi connectivity index (χ0) is 11.3. The van der Waals surface area contributed by atoms with Crippen molar-refractivity contribution >= 4 is 5.97 Å². The highest BCUT2D eigenvalue weighted by molar-refractivity contribution is 5.69. The van der Waals surface area contributed by atoms with Crippen molar-refractivity contribution < 1.29 is 14.6 Å². The molecule has 5 nitrogen and oxygen atoms in total. The molecule has 1 saturated heterocycles. The fraction of sp³-hybridized carbons (Fsp3) is 0.900. The van der Waals surface area contributed by atoms with Crippen molar-refractivity contribution in [2.75, 3.05) is 46.9 Å². The molecule has 88 valence electrons. The normalized spacial score (nSPS) is 21.3. The summed E-state index contributed by atoms with van der Waals surface area (Å²) in [5.74, 6) is -0.350. The number of ether oxygens (including phenoxy) is 1. The molecule has 1 aliphatic heterocycles. The number of esters is 1. The summed E-state index contributed by atoms with van der Waals surface area (Å²) in [5.41, 5.74) is 0. The number of aliphatic hydroxyl groups excluding tert-OH is 1. The standard InChI is InChI=1S/C10H20N2O3/c1-11-3-5-12(6-4-11)8-9(13)7-10(14)15-2/h9,13H,3-8H2,1-2H3. The second kappa shape index (κ2) is 6.05. The molecule has 0 aromatic rings. The number of carbonyl (C=O) groups excluding carboxylic acids is 1. The quantitative estimate of drug-likeness (QED) is 0.621. The fourth-order valence-electron chi connectivity index (χ4n) is 1.67. The summed E-state index contributed by atoms with van der Waals surface area (Å²) in [6, 6.07) is 0. The molecule has 0 spiro atoms. The van der Waals surface area contributed by atoms with Gasteiger partial charge < -0.3 is 14.7 Å². The lowest BCUT2D eigenvalue weighted by Gasteiger charge is -2.33. The molecule has 1 rings (SSSR count). The summed E-state index contributed by atoms with van der Waals surface area (Å²) >= 11 is 0. The third kappa shape index (κ3) is 4.59. The minimum absolute atomic E-state index is 0.0862. The Morgan fingerprint density at radius 1 is 1.40 bits per heavy atom. The van der Waals surface area contributed by atoms with E-state index in [4.69, 9.17) is 0 Å². The Morgan fingerprint density at radius 2 is 2.00 bits per heavy atom. The van der Waals surface area contributed by atoms with Crippen LogP contribution in [0.1, 0.15) is 6.42 Å². The van der Waals surface area contributed by atoms with E-state index in [1.165, 1.54) is 7.11 Å². The number of hydrogen-bond acceptors (Lipinski definition) is 5. The number of β-amino-alcohol motifs (C(OH)–C–C–N with tert-alkyl or cyclic N) is 1. The predicted octanol–water partition coefficient (Wildman–Crippen LogP) is -0.842. The van der Waals surface area contributed by atoms with Gasteiger partial charge in [0.2, 0.25) is 0 Å². The Balaban J connectivity index is 2.20. The number of piperazine rings is 1. The second-order valence-corrected chi connectivity index (χ2v) is 4.04. The molecule has 5 heteroatoms. The topological polar surface area (TPSA) is 53.0 Å². The van der Waals surface area contributed by atoms with Gasteiger partial charge in [-0.05, 0) is 7.05 Å². The molecule has 1 aliphatic rings. The largest absolute Gasteiger partial charge is 0.469 e. The Hall–Kier alpha value is -0.650. The third-order valence-corrected chi connectivity index (χ3v) is 2.69. The van der Waals surface area contributed by atoms with Crippen LogP contribution in [0.4, 0.5) is 0 Å². The van der Waals surface area contributed by atoms with Crippen LogP contribution in [0.25, 0.3) is 0 Å². The number of likely N-dealkylation sites (N-methyl/N-ethyl adjacent to an activating group) is 1. The van der Waals surface area contributed by atoms with Crippen molar-refractivity contribution in [2.24, 2.45) is 0 Å². The van der Waals surface area contributed by atoms with Crippen molar-refractivity contribution in [3.05, 3.63) is 0 Å². The average Bonchev–Trinajstić information content (AvgIpc) is 2.21. The van der Waals surface area contributed by atoms with Gasteiger partial charge in [-0.15, -0.1) is 0 Å². The number of nitrogens with zero attached hydrogens (tertiary/aromatic N) is 2. The Kier molecular flexibility index (Phi) is 5.01. The molecule has 0 radical (unpaired) electrons. The van der Waals surface area contributed by atoms with Crippen LogP contribution in [-0.4, -0.2) is 73.9 Å². The van der Waals surface area contributed by atoms with Crippen LogP contribution in [0.5, 0.6) is 0 Å². The minimum Gasteiger partial charge on any atom is -0.469 e. The lowest BCUT2D eigenvalue weighted by atomic mass is 10.2. The molecule has 1 fully saturated rings. The van der Waals surface area contributed by atoms with Crippen LogP contribution >= 0.6 is 0 Å². The monoisotopic (exact) mass is 216 g/mol.